The minimum Gasteiger partial charge on any atom is -0.479 e. The molecule has 2 N–H and O–H groups in total. The highest BCUT2D eigenvalue weighted by atomic mass is 19.1. The van der Waals surface area contributed by atoms with E-state index in [0.717, 1.165) is 0 Å². The van der Waals surface area contributed by atoms with E-state index in [-0.39, 0.29) is 5.56 Å². The fourth-order valence-corrected chi connectivity index (χ4v) is 2.00. The quantitative estimate of drug-likeness (QED) is 0.883. The Bertz CT molecular complexity index is 712. The van der Waals surface area contributed by atoms with E-state index in [1.54, 1.807) is 4.68 Å². The number of halogens is 1. The summed E-state index contributed by atoms with van der Waals surface area (Å²) in [4.78, 5) is 23.5. The average molecular weight is 305 g/mol. The molecule has 2 aromatic rings. The minimum absolute atomic E-state index is 0.270. The van der Waals surface area contributed by atoms with Crippen LogP contribution in [0.15, 0.2) is 30.6 Å². The Hall–Kier alpha value is -2.70. The van der Waals surface area contributed by atoms with Gasteiger partial charge in [0.1, 0.15) is 5.82 Å². The number of carboxylic acid groups (broad SMARTS) is 1. The monoisotopic (exact) mass is 305 g/mol. The first-order chi connectivity index (χ1) is 10.4. The molecule has 0 bridgehead atoms. The van der Waals surface area contributed by atoms with Crippen molar-refractivity contribution < 1.29 is 19.1 Å². The molecule has 22 heavy (non-hydrogen) atoms. The van der Waals surface area contributed by atoms with Crippen LogP contribution in [0.5, 0.6) is 0 Å². The van der Waals surface area contributed by atoms with Crippen molar-refractivity contribution in [2.45, 2.75) is 26.4 Å². The number of aromatic nitrogens is 2. The van der Waals surface area contributed by atoms with Crippen LogP contribution in [0, 0.1) is 12.7 Å². The van der Waals surface area contributed by atoms with Crippen molar-refractivity contribution in [3.63, 3.8) is 0 Å². The van der Waals surface area contributed by atoms with E-state index in [2.05, 4.69) is 10.4 Å². The molecule has 1 unspecified atom stereocenters. The molecule has 0 aliphatic carbocycles. The molecule has 0 fully saturated rings. The summed E-state index contributed by atoms with van der Waals surface area (Å²) in [5.74, 6) is -2.19. The van der Waals surface area contributed by atoms with E-state index < -0.39 is 23.7 Å². The zero-order chi connectivity index (χ0) is 16.3. The van der Waals surface area contributed by atoms with Gasteiger partial charge in [-0.15, -0.1) is 0 Å². The maximum Gasteiger partial charge on any atom is 0.330 e. The molecule has 0 spiro atoms. The third-order valence-corrected chi connectivity index (χ3v) is 3.26. The highest BCUT2D eigenvalue weighted by Gasteiger charge is 2.23. The largest absolute Gasteiger partial charge is 0.479 e. The number of carbonyl (C=O) groups is 2. The van der Waals surface area contributed by atoms with Crippen LogP contribution in [-0.4, -0.2) is 26.8 Å². The molecule has 0 saturated carbocycles. The number of nitrogens with zero attached hydrogens (tertiary/aromatic N) is 2. The molecule has 0 aliphatic heterocycles. The molecule has 1 amide bonds. The van der Waals surface area contributed by atoms with E-state index in [1.165, 1.54) is 37.5 Å². The van der Waals surface area contributed by atoms with E-state index >= 15 is 0 Å². The number of hydrogen-bond donors (Lipinski definition) is 2. The Morgan fingerprint density at radius 3 is 2.73 bits per heavy atom. The summed E-state index contributed by atoms with van der Waals surface area (Å²) in [7, 11) is 0. The molecule has 2 rings (SSSR count). The van der Waals surface area contributed by atoms with Crippen molar-refractivity contribution >= 4 is 11.9 Å². The maximum absolute atomic E-state index is 13.3. The van der Waals surface area contributed by atoms with Gasteiger partial charge in [-0.3, -0.25) is 9.48 Å². The lowest BCUT2D eigenvalue weighted by molar-refractivity contribution is -0.139. The second-order valence-corrected chi connectivity index (χ2v) is 4.84. The number of carbonyl (C=O) groups excluding carboxylic acids is 1. The lowest BCUT2D eigenvalue weighted by Crippen LogP contribution is -2.33. The van der Waals surface area contributed by atoms with Crippen LogP contribution in [0.1, 0.15) is 34.5 Å². The van der Waals surface area contributed by atoms with Crippen molar-refractivity contribution in [1.82, 2.24) is 15.1 Å². The number of rotatable bonds is 5. The molecule has 1 heterocycles. The number of aliphatic carboxylic acids is 1. The lowest BCUT2D eigenvalue weighted by atomic mass is 10.0. The zero-order valence-corrected chi connectivity index (χ0v) is 12.2. The van der Waals surface area contributed by atoms with Crippen LogP contribution in [0.3, 0.4) is 0 Å². The van der Waals surface area contributed by atoms with Crippen molar-refractivity contribution in [1.29, 1.82) is 0 Å². The summed E-state index contributed by atoms with van der Waals surface area (Å²) in [6.45, 7) is 4.01. The maximum atomic E-state index is 13.3. The van der Waals surface area contributed by atoms with Crippen LogP contribution < -0.4 is 5.32 Å². The van der Waals surface area contributed by atoms with Gasteiger partial charge in [0, 0.05) is 12.7 Å². The van der Waals surface area contributed by atoms with E-state index in [0.29, 0.717) is 17.7 Å². The lowest BCUT2D eigenvalue weighted by Gasteiger charge is -2.15. The number of hydrogen-bond acceptors (Lipinski definition) is 3. The molecule has 1 aromatic heterocycles. The van der Waals surface area contributed by atoms with Crippen LogP contribution in [0.25, 0.3) is 0 Å². The highest BCUT2D eigenvalue weighted by Crippen LogP contribution is 2.18. The highest BCUT2D eigenvalue weighted by molar-refractivity contribution is 5.96. The molecule has 1 atom stereocenters. The SMILES string of the molecule is CCn1cc(C(=O)NC(C(=O)O)c2ccc(F)c(C)c2)cn1. The zero-order valence-electron chi connectivity index (χ0n) is 12.2. The first kappa shape index (κ1) is 15.7. The van der Waals surface area contributed by atoms with Crippen LogP contribution >= 0.6 is 0 Å². The number of amides is 1. The molecular weight excluding hydrogens is 289 g/mol. The van der Waals surface area contributed by atoms with E-state index in [9.17, 15) is 19.1 Å². The number of aryl methyl sites for hydroxylation is 2. The molecular formula is C15H16FN3O3. The van der Waals surface area contributed by atoms with Gasteiger partial charge in [0.15, 0.2) is 6.04 Å². The first-order valence-corrected chi connectivity index (χ1v) is 6.74. The number of benzene rings is 1. The van der Waals surface area contributed by atoms with E-state index in [4.69, 9.17) is 0 Å². The molecule has 116 valence electrons. The number of carboxylic acids is 1. The standard InChI is InChI=1S/C15H16FN3O3/c1-3-19-8-11(7-17-19)14(20)18-13(15(21)22)10-4-5-12(16)9(2)6-10/h4-8,13H,3H2,1-2H3,(H,18,20)(H,21,22). The Morgan fingerprint density at radius 1 is 1.45 bits per heavy atom. The summed E-state index contributed by atoms with van der Waals surface area (Å²) in [6, 6.07) is 2.68. The number of nitrogens with one attached hydrogen (secondary N) is 1. The third-order valence-electron chi connectivity index (χ3n) is 3.26. The first-order valence-electron chi connectivity index (χ1n) is 6.74. The van der Waals surface area contributed by atoms with Gasteiger partial charge in [-0.2, -0.15) is 5.10 Å². The van der Waals surface area contributed by atoms with Gasteiger partial charge in [0.2, 0.25) is 0 Å². The van der Waals surface area contributed by atoms with Gasteiger partial charge in [0.25, 0.3) is 5.91 Å². The second-order valence-electron chi connectivity index (χ2n) is 4.84. The van der Waals surface area contributed by atoms with Crippen molar-refractivity contribution in [3.8, 4) is 0 Å². The van der Waals surface area contributed by atoms with Crippen LogP contribution in [0.4, 0.5) is 4.39 Å². The summed E-state index contributed by atoms with van der Waals surface area (Å²) in [5.41, 5.74) is 0.895. The molecule has 6 nitrogen and oxygen atoms in total. The van der Waals surface area contributed by atoms with Gasteiger partial charge >= 0.3 is 5.97 Å². The average Bonchev–Trinajstić information content (AvgIpc) is 2.96. The van der Waals surface area contributed by atoms with Crippen LogP contribution in [-0.2, 0) is 11.3 Å². The van der Waals surface area contributed by atoms with Crippen molar-refractivity contribution in [3.05, 3.63) is 53.1 Å². The molecule has 7 heteroatoms. The van der Waals surface area contributed by atoms with Crippen molar-refractivity contribution in [2.24, 2.45) is 0 Å². The predicted octanol–water partition coefficient (Wildman–Crippen LogP) is 1.91. The third kappa shape index (κ3) is 3.30. The van der Waals surface area contributed by atoms with Gasteiger partial charge < -0.3 is 10.4 Å². The summed E-state index contributed by atoms with van der Waals surface area (Å²) in [6.07, 6.45) is 2.90. The van der Waals surface area contributed by atoms with Crippen LogP contribution in [0.2, 0.25) is 0 Å². The summed E-state index contributed by atoms with van der Waals surface area (Å²) < 4.78 is 14.8. The molecule has 0 radical (unpaired) electrons. The van der Waals surface area contributed by atoms with E-state index in [1.807, 2.05) is 6.92 Å². The van der Waals surface area contributed by atoms with Crippen molar-refractivity contribution in [2.75, 3.05) is 0 Å². The second kappa shape index (κ2) is 6.38. The Kier molecular flexibility index (Phi) is 4.55. The summed E-state index contributed by atoms with van der Waals surface area (Å²) in [5, 5.41) is 15.7. The Morgan fingerprint density at radius 2 is 2.18 bits per heavy atom. The molecule has 0 saturated heterocycles. The predicted molar refractivity (Wildman–Crippen MR) is 76.9 cm³/mol. The minimum atomic E-state index is -1.25. The van der Waals surface area contributed by atoms with Gasteiger partial charge in [-0.25, -0.2) is 9.18 Å². The smallest absolute Gasteiger partial charge is 0.330 e. The molecule has 1 aromatic carbocycles. The Labute approximate surface area is 126 Å². The normalized spacial score (nSPS) is 12.0. The summed E-state index contributed by atoms with van der Waals surface area (Å²) >= 11 is 0. The molecule has 0 aliphatic rings. The topological polar surface area (TPSA) is 84.2 Å². The van der Waals surface area contributed by atoms with Gasteiger partial charge in [-0.1, -0.05) is 12.1 Å². The fraction of sp³-hybridized carbons (Fsp3) is 0.267. The fourth-order valence-electron chi connectivity index (χ4n) is 2.00. The van der Waals surface area contributed by atoms with Gasteiger partial charge in [0.05, 0.1) is 11.8 Å². The van der Waals surface area contributed by atoms with Gasteiger partial charge in [-0.05, 0) is 31.0 Å². The Balaban J connectivity index is 2.23.